The minimum Gasteiger partial charge on any atom is -0.481 e. The summed E-state index contributed by atoms with van der Waals surface area (Å²) in [4.78, 5) is 24.0. The minimum absolute atomic E-state index is 0.0571. The number of hydrogen-bond acceptors (Lipinski definition) is 5. The molecule has 2 N–H and O–H groups in total. The van der Waals surface area contributed by atoms with Gasteiger partial charge in [0.25, 0.3) is 0 Å². The molecule has 1 aliphatic heterocycles. The van der Waals surface area contributed by atoms with Gasteiger partial charge in [0.15, 0.2) is 11.5 Å². The third-order valence-corrected chi connectivity index (χ3v) is 6.62. The molecule has 8 heteroatoms. The summed E-state index contributed by atoms with van der Waals surface area (Å²) in [5.74, 6) is 0.0268. The predicted octanol–water partition coefficient (Wildman–Crippen LogP) is 5.38. The van der Waals surface area contributed by atoms with Gasteiger partial charge in [-0.05, 0) is 52.8 Å². The largest absolute Gasteiger partial charge is 0.481 e. The fraction of sp³-hybridized carbons (Fsp3) is 0.259. The number of carboxylic acids is 1. The van der Waals surface area contributed by atoms with Crippen molar-refractivity contribution in [3.05, 3.63) is 82.4 Å². The molecule has 7 nitrogen and oxygen atoms in total. The maximum absolute atomic E-state index is 12.8. The van der Waals surface area contributed by atoms with E-state index < -0.39 is 18.1 Å². The van der Waals surface area contributed by atoms with E-state index in [9.17, 15) is 9.59 Å². The highest BCUT2D eigenvalue weighted by atomic mass is 35.5. The number of carboxylic acid groups (broad SMARTS) is 1. The van der Waals surface area contributed by atoms with E-state index in [1.807, 2.05) is 24.3 Å². The number of hydrogen-bond donors (Lipinski definition) is 2. The molecule has 0 spiro atoms. The first-order valence-corrected chi connectivity index (χ1v) is 11.8. The van der Waals surface area contributed by atoms with Crippen molar-refractivity contribution in [1.29, 1.82) is 0 Å². The molecule has 0 saturated carbocycles. The minimum atomic E-state index is -0.937. The van der Waals surface area contributed by atoms with E-state index in [1.165, 1.54) is 0 Å². The quantitative estimate of drug-likeness (QED) is 0.437. The van der Waals surface area contributed by atoms with Gasteiger partial charge in [-0.1, -0.05) is 60.1 Å². The van der Waals surface area contributed by atoms with Gasteiger partial charge >= 0.3 is 12.1 Å². The average molecular weight is 494 g/mol. The van der Waals surface area contributed by atoms with Crippen LogP contribution in [-0.2, 0) is 16.0 Å². The molecule has 3 aromatic carbocycles. The Labute approximate surface area is 207 Å². The number of amides is 1. The summed E-state index contributed by atoms with van der Waals surface area (Å²) in [5, 5.41) is 12.4. The molecular weight excluding hydrogens is 470 g/mol. The molecule has 0 radical (unpaired) electrons. The normalized spacial score (nSPS) is 14.2. The van der Waals surface area contributed by atoms with Crippen molar-refractivity contribution in [3.8, 4) is 22.6 Å². The number of alkyl carbamates (subject to hydrolysis) is 1. The standard InChI is InChI=1S/C27H24ClNO6/c28-23-12-16(13-24-26(23)35-15-34-24)11-17(9-10-25(30)31)29-27(32)33-14-22-20-7-3-1-5-18(20)19-6-2-4-8-21(19)22/h1-8,12-13,17,22H,9-11,14-15H2,(H,29,32)(H,30,31). The molecule has 1 atom stereocenters. The molecule has 2 aliphatic rings. The van der Waals surface area contributed by atoms with Crippen molar-refractivity contribution in [2.24, 2.45) is 0 Å². The summed E-state index contributed by atoms with van der Waals surface area (Å²) in [7, 11) is 0. The summed E-state index contributed by atoms with van der Waals surface area (Å²) in [6.07, 6.45) is -0.0689. The zero-order valence-corrected chi connectivity index (χ0v) is 19.6. The Morgan fingerprint density at radius 2 is 1.74 bits per heavy atom. The van der Waals surface area contributed by atoms with Crippen LogP contribution in [-0.4, -0.2) is 36.6 Å². The first-order chi connectivity index (χ1) is 17.0. The Bertz CT molecular complexity index is 1230. The Balaban J connectivity index is 1.27. The van der Waals surface area contributed by atoms with E-state index in [2.05, 4.69) is 29.6 Å². The Morgan fingerprint density at radius 3 is 2.43 bits per heavy atom. The van der Waals surface area contributed by atoms with Crippen LogP contribution >= 0.6 is 11.6 Å². The lowest BCUT2D eigenvalue weighted by Crippen LogP contribution is -2.37. The summed E-state index contributed by atoms with van der Waals surface area (Å²) in [6, 6.07) is 19.3. The molecule has 35 heavy (non-hydrogen) atoms. The zero-order valence-electron chi connectivity index (χ0n) is 18.8. The fourth-order valence-electron chi connectivity index (χ4n) is 4.75. The van der Waals surface area contributed by atoms with Crippen molar-refractivity contribution >= 4 is 23.7 Å². The molecule has 1 aliphatic carbocycles. The maximum atomic E-state index is 12.8. The van der Waals surface area contributed by atoms with Crippen LogP contribution in [0, 0.1) is 0 Å². The number of benzene rings is 3. The molecular formula is C27H24ClNO6. The lowest BCUT2D eigenvalue weighted by molar-refractivity contribution is -0.137. The van der Waals surface area contributed by atoms with E-state index in [4.69, 9.17) is 30.9 Å². The Kier molecular flexibility index (Phi) is 6.51. The molecule has 180 valence electrons. The van der Waals surface area contributed by atoms with Gasteiger partial charge in [-0.15, -0.1) is 0 Å². The number of nitrogens with one attached hydrogen (secondary N) is 1. The van der Waals surface area contributed by atoms with Gasteiger partial charge in [0.1, 0.15) is 6.61 Å². The smallest absolute Gasteiger partial charge is 0.407 e. The summed E-state index contributed by atoms with van der Waals surface area (Å²) in [6.45, 7) is 0.278. The zero-order chi connectivity index (χ0) is 24.4. The van der Waals surface area contributed by atoms with Crippen molar-refractivity contribution in [3.63, 3.8) is 0 Å². The van der Waals surface area contributed by atoms with E-state index in [-0.39, 0.29) is 32.2 Å². The Hall–Kier alpha value is -3.71. The van der Waals surface area contributed by atoms with Crippen LogP contribution in [0.3, 0.4) is 0 Å². The number of fused-ring (bicyclic) bond motifs is 4. The molecule has 5 rings (SSSR count). The topological polar surface area (TPSA) is 94.1 Å². The van der Waals surface area contributed by atoms with Crippen LogP contribution < -0.4 is 14.8 Å². The van der Waals surface area contributed by atoms with Crippen molar-refractivity contribution in [2.45, 2.75) is 31.2 Å². The second-order valence-electron chi connectivity index (χ2n) is 8.61. The third-order valence-electron chi connectivity index (χ3n) is 6.34. The monoisotopic (exact) mass is 493 g/mol. The summed E-state index contributed by atoms with van der Waals surface area (Å²) < 4.78 is 16.4. The van der Waals surface area contributed by atoms with Gasteiger partial charge in [0, 0.05) is 18.4 Å². The molecule has 0 bridgehead atoms. The molecule has 0 fully saturated rings. The van der Waals surface area contributed by atoms with E-state index in [1.54, 1.807) is 12.1 Å². The number of ether oxygens (including phenoxy) is 3. The lowest BCUT2D eigenvalue weighted by atomic mass is 9.98. The number of rotatable bonds is 8. The highest BCUT2D eigenvalue weighted by molar-refractivity contribution is 6.32. The number of aliphatic carboxylic acids is 1. The van der Waals surface area contributed by atoms with Crippen LogP contribution in [0.25, 0.3) is 11.1 Å². The number of halogens is 1. The van der Waals surface area contributed by atoms with Gasteiger partial charge in [-0.2, -0.15) is 0 Å². The van der Waals surface area contributed by atoms with Crippen molar-refractivity contribution in [1.82, 2.24) is 5.32 Å². The SMILES string of the molecule is O=C(O)CCC(Cc1cc(Cl)c2c(c1)OCO2)NC(=O)OCC1c2ccccc2-c2ccccc21. The average Bonchev–Trinajstić information content (AvgIpc) is 3.44. The number of carbonyl (C=O) groups is 2. The molecule has 0 aromatic heterocycles. The van der Waals surface area contributed by atoms with Gasteiger partial charge in [-0.3, -0.25) is 4.79 Å². The second kappa shape index (κ2) is 9.88. The molecule has 1 unspecified atom stereocenters. The third kappa shape index (κ3) is 4.91. The van der Waals surface area contributed by atoms with Crippen LogP contribution in [0.1, 0.15) is 35.4 Å². The van der Waals surface area contributed by atoms with Crippen LogP contribution in [0.15, 0.2) is 60.7 Å². The predicted molar refractivity (Wildman–Crippen MR) is 130 cm³/mol. The molecule has 3 aromatic rings. The lowest BCUT2D eigenvalue weighted by Gasteiger charge is -2.20. The first kappa shape index (κ1) is 23.1. The van der Waals surface area contributed by atoms with Crippen LogP contribution in [0.4, 0.5) is 4.79 Å². The molecule has 1 amide bonds. The summed E-state index contributed by atoms with van der Waals surface area (Å²) >= 11 is 6.29. The highest BCUT2D eigenvalue weighted by Crippen LogP contribution is 2.44. The first-order valence-electron chi connectivity index (χ1n) is 11.4. The fourth-order valence-corrected chi connectivity index (χ4v) is 5.04. The summed E-state index contributed by atoms with van der Waals surface area (Å²) in [5.41, 5.74) is 5.35. The second-order valence-corrected chi connectivity index (χ2v) is 9.02. The van der Waals surface area contributed by atoms with E-state index in [0.717, 1.165) is 27.8 Å². The Morgan fingerprint density at radius 1 is 1.06 bits per heavy atom. The van der Waals surface area contributed by atoms with E-state index in [0.29, 0.717) is 22.9 Å². The van der Waals surface area contributed by atoms with Crippen molar-refractivity contribution < 1.29 is 28.9 Å². The van der Waals surface area contributed by atoms with Gasteiger partial charge in [0.05, 0.1) is 5.02 Å². The van der Waals surface area contributed by atoms with Crippen LogP contribution in [0.2, 0.25) is 5.02 Å². The van der Waals surface area contributed by atoms with Gasteiger partial charge in [-0.25, -0.2) is 4.79 Å². The van der Waals surface area contributed by atoms with Gasteiger partial charge < -0.3 is 24.6 Å². The molecule has 1 heterocycles. The number of carbonyl (C=O) groups excluding carboxylic acids is 1. The van der Waals surface area contributed by atoms with Crippen LogP contribution in [0.5, 0.6) is 11.5 Å². The highest BCUT2D eigenvalue weighted by Gasteiger charge is 2.29. The van der Waals surface area contributed by atoms with E-state index >= 15 is 0 Å². The van der Waals surface area contributed by atoms with Crippen molar-refractivity contribution in [2.75, 3.05) is 13.4 Å². The maximum Gasteiger partial charge on any atom is 0.407 e. The van der Waals surface area contributed by atoms with Gasteiger partial charge in [0.2, 0.25) is 6.79 Å². The molecule has 0 saturated heterocycles.